The van der Waals surface area contributed by atoms with Crippen LogP contribution in [-0.2, 0) is 11.3 Å². The molecular formula is C18H29NO4. The molecule has 0 heterocycles. The fourth-order valence-corrected chi connectivity index (χ4v) is 2.01. The van der Waals surface area contributed by atoms with Gasteiger partial charge in [-0.3, -0.25) is 4.79 Å². The number of carbonyl (C=O) groups is 1. The first-order valence-electron chi connectivity index (χ1n) is 8.14. The summed E-state index contributed by atoms with van der Waals surface area (Å²) in [6, 6.07) is 5.87. The van der Waals surface area contributed by atoms with Gasteiger partial charge >= 0.3 is 5.97 Å². The molecule has 0 fully saturated rings. The molecule has 0 spiro atoms. The van der Waals surface area contributed by atoms with Gasteiger partial charge in [-0.05, 0) is 50.9 Å². The van der Waals surface area contributed by atoms with E-state index >= 15 is 0 Å². The third-order valence-electron chi connectivity index (χ3n) is 3.82. The van der Waals surface area contributed by atoms with E-state index in [4.69, 9.17) is 14.6 Å². The van der Waals surface area contributed by atoms with Gasteiger partial charge in [0.2, 0.25) is 0 Å². The highest BCUT2D eigenvalue weighted by molar-refractivity contribution is 5.73. The van der Waals surface area contributed by atoms with Crippen molar-refractivity contribution in [3.8, 4) is 11.5 Å². The highest BCUT2D eigenvalue weighted by atomic mass is 16.5. The number of aliphatic carboxylic acids is 1. The normalized spacial score (nSPS) is 11.3. The number of hydrogen-bond donors (Lipinski definition) is 2. The number of benzene rings is 1. The van der Waals surface area contributed by atoms with Crippen molar-refractivity contribution in [2.24, 2.45) is 5.41 Å². The maximum Gasteiger partial charge on any atom is 0.309 e. The van der Waals surface area contributed by atoms with Crippen molar-refractivity contribution in [3.05, 3.63) is 23.8 Å². The Morgan fingerprint density at radius 2 is 2.04 bits per heavy atom. The van der Waals surface area contributed by atoms with E-state index in [1.54, 1.807) is 21.0 Å². The molecule has 0 saturated heterocycles. The molecule has 2 N–H and O–H groups in total. The van der Waals surface area contributed by atoms with E-state index in [1.165, 1.54) is 0 Å². The van der Waals surface area contributed by atoms with Crippen molar-refractivity contribution in [1.82, 2.24) is 5.32 Å². The highest BCUT2D eigenvalue weighted by Crippen LogP contribution is 2.28. The molecule has 0 aromatic heterocycles. The van der Waals surface area contributed by atoms with Crippen LogP contribution in [-0.4, -0.2) is 31.3 Å². The van der Waals surface area contributed by atoms with Crippen LogP contribution in [0.15, 0.2) is 18.2 Å². The van der Waals surface area contributed by atoms with Gasteiger partial charge in [0.05, 0.1) is 19.1 Å². The molecule has 5 heteroatoms. The summed E-state index contributed by atoms with van der Waals surface area (Å²) >= 11 is 0. The van der Waals surface area contributed by atoms with Gasteiger partial charge in [-0.15, -0.1) is 0 Å². The van der Waals surface area contributed by atoms with Gasteiger partial charge in [0.15, 0.2) is 11.5 Å². The average molecular weight is 323 g/mol. The van der Waals surface area contributed by atoms with Crippen molar-refractivity contribution in [1.29, 1.82) is 0 Å². The van der Waals surface area contributed by atoms with Crippen molar-refractivity contribution in [2.75, 3.05) is 20.3 Å². The smallest absolute Gasteiger partial charge is 0.309 e. The largest absolute Gasteiger partial charge is 0.493 e. The lowest BCUT2D eigenvalue weighted by Gasteiger charge is -2.19. The lowest BCUT2D eigenvalue weighted by molar-refractivity contribution is -0.147. The second-order valence-electron chi connectivity index (χ2n) is 6.30. The van der Waals surface area contributed by atoms with Gasteiger partial charge in [-0.25, -0.2) is 0 Å². The molecule has 0 saturated carbocycles. The predicted octanol–water partition coefficient (Wildman–Crippen LogP) is 3.46. The quantitative estimate of drug-likeness (QED) is 0.610. The fourth-order valence-electron chi connectivity index (χ4n) is 2.01. The summed E-state index contributed by atoms with van der Waals surface area (Å²) in [7, 11) is 1.63. The van der Waals surface area contributed by atoms with E-state index in [9.17, 15) is 4.79 Å². The third-order valence-corrected chi connectivity index (χ3v) is 3.82. The standard InChI is InChI=1S/C18H29NO4/c1-5-6-11-23-16-12-14(7-8-15(16)22-4)13-19-10-9-18(2,3)17(20)21/h7-8,12,19H,5-6,9-11,13H2,1-4H3,(H,20,21). The van der Waals surface area contributed by atoms with Gasteiger partial charge in [-0.1, -0.05) is 19.4 Å². The summed E-state index contributed by atoms with van der Waals surface area (Å²) in [5, 5.41) is 12.4. The van der Waals surface area contributed by atoms with Gasteiger partial charge in [0.25, 0.3) is 0 Å². The molecule has 0 aliphatic heterocycles. The highest BCUT2D eigenvalue weighted by Gasteiger charge is 2.26. The van der Waals surface area contributed by atoms with Gasteiger partial charge in [0, 0.05) is 6.54 Å². The van der Waals surface area contributed by atoms with E-state index in [0.717, 1.165) is 29.9 Å². The minimum absolute atomic E-state index is 0.582. The van der Waals surface area contributed by atoms with Crippen LogP contribution in [0.5, 0.6) is 11.5 Å². The Kier molecular flexibility index (Phi) is 7.89. The van der Waals surface area contributed by atoms with Gasteiger partial charge in [-0.2, -0.15) is 0 Å². The molecule has 1 aromatic carbocycles. The Hall–Kier alpha value is -1.75. The second-order valence-corrected chi connectivity index (χ2v) is 6.30. The zero-order valence-corrected chi connectivity index (χ0v) is 14.6. The van der Waals surface area contributed by atoms with Crippen molar-refractivity contribution in [2.45, 2.75) is 46.6 Å². The zero-order chi connectivity index (χ0) is 17.3. The Labute approximate surface area is 139 Å². The van der Waals surface area contributed by atoms with E-state index < -0.39 is 11.4 Å². The predicted molar refractivity (Wildman–Crippen MR) is 91.1 cm³/mol. The topological polar surface area (TPSA) is 67.8 Å². The van der Waals surface area contributed by atoms with E-state index in [-0.39, 0.29) is 0 Å². The molecule has 0 unspecified atom stereocenters. The fraction of sp³-hybridized carbons (Fsp3) is 0.611. The summed E-state index contributed by atoms with van der Waals surface area (Å²) in [6.07, 6.45) is 2.68. The van der Waals surface area contributed by atoms with Crippen LogP contribution in [0.2, 0.25) is 0 Å². The Bertz CT molecular complexity index is 500. The Morgan fingerprint density at radius 3 is 2.65 bits per heavy atom. The molecule has 0 amide bonds. The number of hydrogen-bond acceptors (Lipinski definition) is 4. The maximum atomic E-state index is 11.1. The maximum absolute atomic E-state index is 11.1. The molecular weight excluding hydrogens is 294 g/mol. The molecule has 1 aromatic rings. The Morgan fingerprint density at radius 1 is 1.30 bits per heavy atom. The zero-order valence-electron chi connectivity index (χ0n) is 14.6. The molecule has 5 nitrogen and oxygen atoms in total. The second kappa shape index (κ2) is 9.40. The van der Waals surface area contributed by atoms with Gasteiger partial charge < -0.3 is 19.9 Å². The summed E-state index contributed by atoms with van der Waals surface area (Å²) in [4.78, 5) is 11.1. The third kappa shape index (κ3) is 6.48. The first-order chi connectivity index (χ1) is 10.9. The van der Waals surface area contributed by atoms with Crippen LogP contribution in [0.1, 0.15) is 45.6 Å². The lowest BCUT2D eigenvalue weighted by Crippen LogP contribution is -2.28. The number of carboxylic acids is 1. The number of nitrogens with one attached hydrogen (secondary N) is 1. The lowest BCUT2D eigenvalue weighted by atomic mass is 9.90. The van der Waals surface area contributed by atoms with Crippen LogP contribution in [0.4, 0.5) is 0 Å². The van der Waals surface area contributed by atoms with Gasteiger partial charge in [0.1, 0.15) is 0 Å². The van der Waals surface area contributed by atoms with E-state index in [0.29, 0.717) is 26.1 Å². The first kappa shape index (κ1) is 19.3. The molecule has 130 valence electrons. The van der Waals surface area contributed by atoms with Crippen LogP contribution < -0.4 is 14.8 Å². The monoisotopic (exact) mass is 323 g/mol. The SMILES string of the molecule is CCCCOc1cc(CNCCC(C)(C)C(=O)O)ccc1OC. The summed E-state index contributed by atoms with van der Waals surface area (Å²) in [6.45, 7) is 7.60. The van der Waals surface area contributed by atoms with E-state index in [2.05, 4.69) is 12.2 Å². The molecule has 0 aliphatic rings. The number of unbranched alkanes of at least 4 members (excludes halogenated alkanes) is 1. The molecule has 0 aliphatic carbocycles. The molecule has 0 atom stereocenters. The number of methoxy groups -OCH3 is 1. The van der Waals surface area contributed by atoms with Crippen LogP contribution >= 0.6 is 0 Å². The number of rotatable bonds is 11. The van der Waals surface area contributed by atoms with Crippen LogP contribution in [0.25, 0.3) is 0 Å². The van der Waals surface area contributed by atoms with E-state index in [1.807, 2.05) is 18.2 Å². The number of carboxylic acid groups (broad SMARTS) is 1. The average Bonchev–Trinajstić information content (AvgIpc) is 2.52. The number of ether oxygens (including phenoxy) is 2. The molecule has 0 radical (unpaired) electrons. The summed E-state index contributed by atoms with van der Waals surface area (Å²) in [5.74, 6) is 0.721. The molecule has 0 bridgehead atoms. The van der Waals surface area contributed by atoms with Crippen LogP contribution in [0, 0.1) is 5.41 Å². The minimum atomic E-state index is -0.768. The first-order valence-corrected chi connectivity index (χ1v) is 8.14. The van der Waals surface area contributed by atoms with Crippen LogP contribution in [0.3, 0.4) is 0 Å². The van der Waals surface area contributed by atoms with Crippen molar-refractivity contribution >= 4 is 5.97 Å². The summed E-state index contributed by atoms with van der Waals surface area (Å²) in [5.41, 5.74) is 0.381. The summed E-state index contributed by atoms with van der Waals surface area (Å²) < 4.78 is 11.1. The van der Waals surface area contributed by atoms with Crippen molar-refractivity contribution < 1.29 is 19.4 Å². The van der Waals surface area contributed by atoms with Crippen molar-refractivity contribution in [3.63, 3.8) is 0 Å². The minimum Gasteiger partial charge on any atom is -0.493 e. The Balaban J connectivity index is 2.53. The molecule has 23 heavy (non-hydrogen) atoms. The molecule has 1 rings (SSSR count).